The number of hydrogen-bond donors (Lipinski definition) is 0. The standard InChI is InChI=1S/C29H26N2O7S/c1-6-12-37-28(34)26-16(4)30-29(39-26)31-23(17-9-11-20(36-7-2)21(14-17)35-5)22-24(32)18-13-15(3)8-10-19(18)38-25(22)27(31)33/h6,8-11,13-14,23H,1,7,12H2,2-5H3. The number of fused-ring (bicyclic) bond motifs is 2. The minimum absolute atomic E-state index is 0.0403. The van der Waals surface area contributed by atoms with Gasteiger partial charge < -0.3 is 18.6 Å². The zero-order valence-electron chi connectivity index (χ0n) is 21.9. The molecule has 0 saturated heterocycles. The largest absolute Gasteiger partial charge is 0.493 e. The Morgan fingerprint density at radius 2 is 1.97 bits per heavy atom. The van der Waals surface area contributed by atoms with Crippen molar-refractivity contribution in [2.45, 2.75) is 26.8 Å². The van der Waals surface area contributed by atoms with Crippen LogP contribution in [-0.4, -0.2) is 37.2 Å². The molecular weight excluding hydrogens is 520 g/mol. The average molecular weight is 547 g/mol. The third kappa shape index (κ3) is 4.46. The molecule has 3 heterocycles. The average Bonchev–Trinajstić information content (AvgIpc) is 3.45. The topological polar surface area (TPSA) is 108 Å². The van der Waals surface area contributed by atoms with E-state index in [1.54, 1.807) is 37.3 Å². The lowest BCUT2D eigenvalue weighted by Gasteiger charge is -2.23. The number of methoxy groups -OCH3 is 1. The molecule has 1 aliphatic rings. The summed E-state index contributed by atoms with van der Waals surface area (Å²) in [6, 6.07) is 9.58. The Labute approximate surface area is 228 Å². The molecule has 2 aromatic heterocycles. The fourth-order valence-electron chi connectivity index (χ4n) is 4.60. The number of ether oxygens (including phenoxy) is 3. The van der Waals surface area contributed by atoms with Crippen LogP contribution >= 0.6 is 11.3 Å². The number of carbonyl (C=O) groups is 2. The molecule has 1 unspecified atom stereocenters. The highest BCUT2D eigenvalue weighted by Crippen LogP contribution is 2.44. The van der Waals surface area contributed by atoms with E-state index in [4.69, 9.17) is 18.6 Å². The molecule has 10 heteroatoms. The summed E-state index contributed by atoms with van der Waals surface area (Å²) >= 11 is 1.01. The zero-order chi connectivity index (χ0) is 27.8. The van der Waals surface area contributed by atoms with Crippen molar-refractivity contribution in [2.75, 3.05) is 25.2 Å². The van der Waals surface area contributed by atoms with Crippen molar-refractivity contribution >= 4 is 39.3 Å². The summed E-state index contributed by atoms with van der Waals surface area (Å²) in [7, 11) is 1.52. The summed E-state index contributed by atoms with van der Waals surface area (Å²) in [5, 5.41) is 0.599. The van der Waals surface area contributed by atoms with E-state index in [-0.39, 0.29) is 33.4 Å². The third-order valence-corrected chi connectivity index (χ3v) is 7.47. The van der Waals surface area contributed by atoms with Gasteiger partial charge in [-0.05, 0) is 50.6 Å². The second kappa shape index (κ2) is 10.4. The van der Waals surface area contributed by atoms with Gasteiger partial charge >= 0.3 is 5.97 Å². The highest BCUT2D eigenvalue weighted by molar-refractivity contribution is 7.17. The van der Waals surface area contributed by atoms with Crippen LogP contribution in [0.25, 0.3) is 11.0 Å². The highest BCUT2D eigenvalue weighted by atomic mass is 32.1. The third-order valence-electron chi connectivity index (χ3n) is 6.34. The smallest absolute Gasteiger partial charge is 0.350 e. The monoisotopic (exact) mass is 546 g/mol. The lowest BCUT2D eigenvalue weighted by atomic mass is 9.98. The Balaban J connectivity index is 1.73. The molecule has 0 fully saturated rings. The van der Waals surface area contributed by atoms with Crippen LogP contribution in [0.4, 0.5) is 5.13 Å². The number of thiazole rings is 1. The van der Waals surface area contributed by atoms with Crippen LogP contribution in [-0.2, 0) is 4.74 Å². The number of benzene rings is 2. The van der Waals surface area contributed by atoms with Crippen molar-refractivity contribution in [1.82, 2.24) is 4.98 Å². The van der Waals surface area contributed by atoms with E-state index in [1.807, 2.05) is 19.9 Å². The van der Waals surface area contributed by atoms with Gasteiger partial charge in [0.25, 0.3) is 5.91 Å². The van der Waals surface area contributed by atoms with E-state index in [2.05, 4.69) is 11.6 Å². The number of carbonyl (C=O) groups excluding carboxylic acids is 2. The van der Waals surface area contributed by atoms with Crippen molar-refractivity contribution < 1.29 is 28.2 Å². The summed E-state index contributed by atoms with van der Waals surface area (Å²) in [5.41, 5.74) is 2.05. The Morgan fingerprint density at radius 1 is 1.18 bits per heavy atom. The van der Waals surface area contributed by atoms with Crippen LogP contribution in [0.1, 0.15) is 55.6 Å². The van der Waals surface area contributed by atoms with Gasteiger partial charge in [0, 0.05) is 0 Å². The van der Waals surface area contributed by atoms with Crippen molar-refractivity contribution in [3.8, 4) is 11.5 Å². The van der Waals surface area contributed by atoms with Gasteiger partial charge in [-0.15, -0.1) is 0 Å². The van der Waals surface area contributed by atoms with E-state index in [0.717, 1.165) is 16.9 Å². The lowest BCUT2D eigenvalue weighted by molar-refractivity contribution is 0.0554. The second-order valence-electron chi connectivity index (χ2n) is 8.89. The van der Waals surface area contributed by atoms with Crippen LogP contribution in [0.15, 0.2) is 58.3 Å². The summed E-state index contributed by atoms with van der Waals surface area (Å²) < 4.78 is 22.4. The molecule has 1 aliphatic heterocycles. The maximum atomic E-state index is 13.9. The van der Waals surface area contributed by atoms with E-state index in [9.17, 15) is 14.4 Å². The first-order valence-electron chi connectivity index (χ1n) is 12.3. The first-order chi connectivity index (χ1) is 18.8. The van der Waals surface area contributed by atoms with Crippen molar-refractivity contribution in [1.29, 1.82) is 0 Å². The minimum atomic E-state index is -0.888. The van der Waals surface area contributed by atoms with E-state index >= 15 is 0 Å². The molecule has 4 aromatic rings. The zero-order valence-corrected chi connectivity index (χ0v) is 22.7. The number of aromatic nitrogens is 1. The predicted octanol–water partition coefficient (Wildman–Crippen LogP) is 5.37. The molecule has 200 valence electrons. The first kappa shape index (κ1) is 26.2. The number of aryl methyl sites for hydroxylation is 2. The number of rotatable bonds is 8. The molecule has 1 amide bonds. The summed E-state index contributed by atoms with van der Waals surface area (Å²) in [4.78, 5) is 46.6. The number of anilines is 1. The number of amides is 1. The quantitative estimate of drug-likeness (QED) is 0.215. The summed E-state index contributed by atoms with van der Waals surface area (Å²) in [5.74, 6) is -0.214. The molecule has 2 aromatic carbocycles. The number of nitrogens with zero attached hydrogens (tertiary/aromatic N) is 2. The van der Waals surface area contributed by atoms with Crippen molar-refractivity contribution in [3.05, 3.63) is 92.3 Å². The Kier molecular flexibility index (Phi) is 6.96. The molecular formula is C29H26N2O7S. The number of esters is 1. The van der Waals surface area contributed by atoms with Gasteiger partial charge in [-0.25, -0.2) is 9.78 Å². The van der Waals surface area contributed by atoms with Gasteiger partial charge in [0.05, 0.1) is 36.4 Å². The Hall–Kier alpha value is -4.44. The first-order valence-corrected chi connectivity index (χ1v) is 13.1. The maximum absolute atomic E-state index is 13.9. The molecule has 0 radical (unpaired) electrons. The molecule has 39 heavy (non-hydrogen) atoms. The van der Waals surface area contributed by atoms with E-state index in [1.165, 1.54) is 18.1 Å². The van der Waals surface area contributed by atoms with Gasteiger partial charge in [0.15, 0.2) is 22.1 Å². The van der Waals surface area contributed by atoms with Gasteiger partial charge in [0.1, 0.15) is 17.1 Å². The van der Waals surface area contributed by atoms with Gasteiger partial charge in [0.2, 0.25) is 5.76 Å². The molecule has 0 N–H and O–H groups in total. The van der Waals surface area contributed by atoms with Crippen LogP contribution in [0.2, 0.25) is 0 Å². The van der Waals surface area contributed by atoms with Crippen molar-refractivity contribution in [2.24, 2.45) is 0 Å². The summed E-state index contributed by atoms with van der Waals surface area (Å²) in [6.45, 7) is 9.44. The lowest BCUT2D eigenvalue weighted by Crippen LogP contribution is -2.29. The molecule has 0 aliphatic carbocycles. The number of hydrogen-bond acceptors (Lipinski definition) is 9. The molecule has 0 spiro atoms. The van der Waals surface area contributed by atoms with E-state index in [0.29, 0.717) is 40.3 Å². The van der Waals surface area contributed by atoms with E-state index < -0.39 is 17.9 Å². The van der Waals surface area contributed by atoms with Gasteiger partial charge in [-0.3, -0.25) is 14.5 Å². The van der Waals surface area contributed by atoms with Crippen LogP contribution in [0, 0.1) is 13.8 Å². The Bertz CT molecular complexity index is 1690. The normalized spacial score (nSPS) is 14.4. The van der Waals surface area contributed by atoms with Crippen molar-refractivity contribution in [3.63, 3.8) is 0 Å². The van der Waals surface area contributed by atoms with Crippen LogP contribution in [0.5, 0.6) is 11.5 Å². The van der Waals surface area contributed by atoms with Crippen LogP contribution in [0.3, 0.4) is 0 Å². The van der Waals surface area contributed by atoms with Crippen LogP contribution < -0.4 is 19.8 Å². The predicted molar refractivity (Wildman–Crippen MR) is 147 cm³/mol. The second-order valence-corrected chi connectivity index (χ2v) is 9.87. The molecule has 9 nitrogen and oxygen atoms in total. The minimum Gasteiger partial charge on any atom is -0.493 e. The molecule has 0 bridgehead atoms. The maximum Gasteiger partial charge on any atom is 0.350 e. The SMILES string of the molecule is C=CCOC(=O)c1sc(N2C(=O)c3oc4ccc(C)cc4c(=O)c3C2c2ccc(OCC)c(OC)c2)nc1C. The van der Waals surface area contributed by atoms with Gasteiger partial charge in [-0.1, -0.05) is 41.7 Å². The Morgan fingerprint density at radius 3 is 2.69 bits per heavy atom. The summed E-state index contributed by atoms with van der Waals surface area (Å²) in [6.07, 6.45) is 1.47. The highest BCUT2D eigenvalue weighted by Gasteiger charge is 2.45. The molecule has 0 saturated carbocycles. The molecule has 5 rings (SSSR count). The molecule has 1 atom stereocenters. The fourth-order valence-corrected chi connectivity index (χ4v) is 5.59. The van der Waals surface area contributed by atoms with Gasteiger partial charge in [-0.2, -0.15) is 0 Å². The fraction of sp³-hybridized carbons (Fsp3) is 0.241.